The van der Waals surface area contributed by atoms with Crippen LogP contribution in [0.3, 0.4) is 0 Å². The van der Waals surface area contributed by atoms with Gasteiger partial charge in [0.25, 0.3) is 5.91 Å². The summed E-state index contributed by atoms with van der Waals surface area (Å²) in [5, 5.41) is 5.54. The highest BCUT2D eigenvalue weighted by atomic mass is 35.5. The molecule has 1 fully saturated rings. The van der Waals surface area contributed by atoms with E-state index in [4.69, 9.17) is 11.6 Å². The number of halogens is 1. The summed E-state index contributed by atoms with van der Waals surface area (Å²) in [5.41, 5.74) is 3.31. The molecule has 1 amide bonds. The minimum atomic E-state index is -3.32. The fraction of sp³-hybridized carbons (Fsp3) is 0.273. The van der Waals surface area contributed by atoms with Crippen molar-refractivity contribution in [3.63, 3.8) is 0 Å². The van der Waals surface area contributed by atoms with E-state index in [1.165, 1.54) is 21.2 Å². The highest BCUT2D eigenvalue weighted by Crippen LogP contribution is 2.32. The maximum Gasteiger partial charge on any atom is 0.275 e. The van der Waals surface area contributed by atoms with Crippen LogP contribution in [-0.2, 0) is 10.0 Å². The number of carbonyl (C=O) groups excluding carboxylic acids is 1. The van der Waals surface area contributed by atoms with E-state index in [0.29, 0.717) is 35.3 Å². The monoisotopic (exact) mass is 475 g/mol. The van der Waals surface area contributed by atoms with Gasteiger partial charge >= 0.3 is 0 Å². The Hall–Kier alpha value is -2.42. The van der Waals surface area contributed by atoms with Gasteiger partial charge < -0.3 is 5.32 Å². The molecule has 0 radical (unpaired) electrons. The number of anilines is 2. The van der Waals surface area contributed by atoms with Crippen molar-refractivity contribution < 1.29 is 13.2 Å². The molecule has 2 heterocycles. The zero-order chi connectivity index (χ0) is 22.2. The van der Waals surface area contributed by atoms with Gasteiger partial charge in [-0.2, -0.15) is 0 Å². The summed E-state index contributed by atoms with van der Waals surface area (Å²) in [6.07, 6.45) is 0.576. The lowest BCUT2D eigenvalue weighted by Gasteiger charge is -2.18. The van der Waals surface area contributed by atoms with E-state index in [-0.39, 0.29) is 11.4 Å². The highest BCUT2D eigenvalue weighted by Gasteiger charge is 2.29. The molecule has 1 aliphatic heterocycles. The molecule has 0 atom stereocenters. The van der Waals surface area contributed by atoms with Crippen LogP contribution in [-0.4, -0.2) is 31.6 Å². The van der Waals surface area contributed by atoms with E-state index >= 15 is 0 Å². The lowest BCUT2D eigenvalue weighted by Crippen LogP contribution is -2.25. The number of hydrogen-bond acceptors (Lipinski definition) is 5. The van der Waals surface area contributed by atoms with Crippen molar-refractivity contribution in [1.82, 2.24) is 4.98 Å². The highest BCUT2D eigenvalue weighted by molar-refractivity contribution is 7.93. The number of sulfonamides is 1. The van der Waals surface area contributed by atoms with Gasteiger partial charge in [0, 0.05) is 17.5 Å². The van der Waals surface area contributed by atoms with Crippen molar-refractivity contribution in [2.45, 2.75) is 26.2 Å². The molecule has 6 nitrogen and oxygen atoms in total. The first kappa shape index (κ1) is 21.8. The van der Waals surface area contributed by atoms with Crippen LogP contribution in [0.5, 0.6) is 0 Å². The Bertz CT molecular complexity index is 1220. The Morgan fingerprint density at radius 1 is 1.19 bits per heavy atom. The van der Waals surface area contributed by atoms with Gasteiger partial charge in [0.15, 0.2) is 0 Å². The summed E-state index contributed by atoms with van der Waals surface area (Å²) >= 11 is 7.64. The smallest absolute Gasteiger partial charge is 0.275 e. The van der Waals surface area contributed by atoms with Crippen molar-refractivity contribution in [1.29, 1.82) is 0 Å². The first-order valence-corrected chi connectivity index (χ1v) is 12.8. The predicted molar refractivity (Wildman–Crippen MR) is 127 cm³/mol. The first-order chi connectivity index (χ1) is 14.7. The normalized spacial score (nSPS) is 15.4. The number of rotatable bonds is 5. The zero-order valence-corrected chi connectivity index (χ0v) is 19.5. The summed E-state index contributed by atoms with van der Waals surface area (Å²) in [6, 6.07) is 13.0. The van der Waals surface area contributed by atoms with Gasteiger partial charge in [-0.25, -0.2) is 13.4 Å². The topological polar surface area (TPSA) is 79.4 Å². The molecule has 0 saturated carbocycles. The Morgan fingerprint density at radius 3 is 2.58 bits per heavy atom. The van der Waals surface area contributed by atoms with Crippen molar-refractivity contribution in [3.05, 3.63) is 64.1 Å². The lowest BCUT2D eigenvalue weighted by molar-refractivity contribution is 0.102. The number of aromatic nitrogens is 1. The average Bonchev–Trinajstić information content (AvgIpc) is 3.36. The van der Waals surface area contributed by atoms with Crippen molar-refractivity contribution in [2.75, 3.05) is 21.9 Å². The number of benzene rings is 2. The second-order valence-electron chi connectivity index (χ2n) is 7.67. The van der Waals surface area contributed by atoms with Crippen molar-refractivity contribution >= 4 is 50.2 Å². The molecule has 31 heavy (non-hydrogen) atoms. The SMILES string of the molecule is CC(C)c1ccc(-c2nc(C(=O)Nc3cc(N4CCCS4(=O)=O)ccc3Cl)cs2)cc1. The number of thiazole rings is 1. The third-order valence-electron chi connectivity index (χ3n) is 5.15. The minimum absolute atomic E-state index is 0.122. The van der Waals surface area contributed by atoms with Crippen LogP contribution in [0, 0.1) is 0 Å². The Kier molecular flexibility index (Phi) is 6.05. The molecule has 1 saturated heterocycles. The number of carbonyl (C=O) groups is 1. The van der Waals surface area contributed by atoms with E-state index in [1.807, 2.05) is 12.1 Å². The van der Waals surface area contributed by atoms with Crippen LogP contribution >= 0.6 is 22.9 Å². The largest absolute Gasteiger partial charge is 0.319 e. The third-order valence-corrected chi connectivity index (χ3v) is 8.24. The molecule has 1 aromatic heterocycles. The Labute approximate surface area is 190 Å². The van der Waals surface area contributed by atoms with Gasteiger partial charge in [0.2, 0.25) is 10.0 Å². The van der Waals surface area contributed by atoms with E-state index in [0.717, 1.165) is 10.6 Å². The van der Waals surface area contributed by atoms with Gasteiger partial charge in [-0.15, -0.1) is 11.3 Å². The molecule has 0 unspecified atom stereocenters. The van der Waals surface area contributed by atoms with Gasteiger partial charge in [-0.3, -0.25) is 9.10 Å². The van der Waals surface area contributed by atoms with Gasteiger partial charge in [-0.05, 0) is 36.1 Å². The van der Waals surface area contributed by atoms with Crippen LogP contribution in [0.2, 0.25) is 5.02 Å². The van der Waals surface area contributed by atoms with Crippen LogP contribution in [0.4, 0.5) is 11.4 Å². The molecule has 0 aliphatic carbocycles. The number of hydrogen-bond donors (Lipinski definition) is 1. The van der Waals surface area contributed by atoms with Crippen molar-refractivity contribution in [2.24, 2.45) is 0 Å². The fourth-order valence-corrected chi connectivity index (χ4v) is 5.93. The van der Waals surface area contributed by atoms with E-state index in [2.05, 4.69) is 36.3 Å². The molecule has 1 N–H and O–H groups in total. The second-order valence-corrected chi connectivity index (χ2v) is 11.0. The van der Waals surface area contributed by atoms with Crippen LogP contribution in [0.15, 0.2) is 47.8 Å². The fourth-order valence-electron chi connectivity index (χ4n) is 3.40. The molecule has 1 aliphatic rings. The summed E-state index contributed by atoms with van der Waals surface area (Å²) in [7, 11) is -3.32. The molecule has 3 aromatic rings. The molecular weight excluding hydrogens is 454 g/mol. The molecule has 4 rings (SSSR count). The number of nitrogens with one attached hydrogen (secondary N) is 1. The zero-order valence-electron chi connectivity index (χ0n) is 17.1. The summed E-state index contributed by atoms with van der Waals surface area (Å²) < 4.78 is 25.7. The van der Waals surface area contributed by atoms with E-state index in [9.17, 15) is 13.2 Å². The van der Waals surface area contributed by atoms with Gasteiger partial charge in [0.1, 0.15) is 10.7 Å². The van der Waals surface area contributed by atoms with Gasteiger partial charge in [-0.1, -0.05) is 49.7 Å². The standard InChI is InChI=1S/C22H22ClN3O3S2/c1-14(2)15-4-6-16(7-5-15)22-25-20(13-30-22)21(27)24-19-12-17(8-9-18(19)23)26-10-3-11-31(26,28)29/h4-9,12-14H,3,10-11H2,1-2H3,(H,24,27). The molecule has 0 spiro atoms. The molecule has 162 valence electrons. The summed E-state index contributed by atoms with van der Waals surface area (Å²) in [5.74, 6) is 0.171. The third kappa shape index (κ3) is 4.61. The van der Waals surface area contributed by atoms with Crippen molar-refractivity contribution in [3.8, 4) is 10.6 Å². The predicted octanol–water partition coefficient (Wildman–Crippen LogP) is 5.38. The minimum Gasteiger partial charge on any atom is -0.319 e. The number of nitrogens with zero attached hydrogens (tertiary/aromatic N) is 2. The Morgan fingerprint density at radius 2 is 1.94 bits per heavy atom. The molecule has 2 aromatic carbocycles. The molecule has 0 bridgehead atoms. The number of amides is 1. The summed E-state index contributed by atoms with van der Waals surface area (Å²) in [6.45, 7) is 4.70. The second kappa shape index (κ2) is 8.61. The maximum atomic E-state index is 12.8. The van der Waals surface area contributed by atoms with Crippen LogP contribution < -0.4 is 9.62 Å². The quantitative estimate of drug-likeness (QED) is 0.537. The van der Waals surface area contributed by atoms with E-state index < -0.39 is 15.9 Å². The summed E-state index contributed by atoms with van der Waals surface area (Å²) in [4.78, 5) is 17.2. The van der Waals surface area contributed by atoms with Crippen LogP contribution in [0.1, 0.15) is 42.2 Å². The Balaban J connectivity index is 1.53. The average molecular weight is 476 g/mol. The maximum absolute atomic E-state index is 12.8. The van der Waals surface area contributed by atoms with E-state index in [1.54, 1.807) is 23.6 Å². The van der Waals surface area contributed by atoms with Gasteiger partial charge in [0.05, 0.1) is 22.2 Å². The molecule has 9 heteroatoms. The van der Waals surface area contributed by atoms with Crippen LogP contribution in [0.25, 0.3) is 10.6 Å². The lowest BCUT2D eigenvalue weighted by atomic mass is 10.0. The molecular formula is C22H22ClN3O3S2. The first-order valence-electron chi connectivity index (χ1n) is 9.92.